The maximum absolute atomic E-state index is 12.0. The van der Waals surface area contributed by atoms with Gasteiger partial charge in [-0.2, -0.15) is 0 Å². The summed E-state index contributed by atoms with van der Waals surface area (Å²) in [7, 11) is -2.23. The van der Waals surface area contributed by atoms with Crippen LogP contribution in [0.25, 0.3) is 0 Å². The minimum absolute atomic E-state index is 0.293. The highest BCUT2D eigenvalue weighted by atomic mass is 28.4. The van der Waals surface area contributed by atoms with Gasteiger partial charge >= 0.3 is 11.9 Å². The van der Waals surface area contributed by atoms with Crippen molar-refractivity contribution in [1.82, 2.24) is 0 Å². The lowest BCUT2D eigenvalue weighted by Gasteiger charge is -2.40. The molecular weight excluding hydrogens is 272 g/mol. The molecule has 20 heavy (non-hydrogen) atoms. The van der Waals surface area contributed by atoms with Crippen molar-refractivity contribution < 1.29 is 18.8 Å². The van der Waals surface area contributed by atoms with Crippen LogP contribution < -0.4 is 0 Å². The van der Waals surface area contributed by atoms with E-state index in [1.807, 2.05) is 0 Å². The van der Waals surface area contributed by atoms with Crippen LogP contribution in [0.1, 0.15) is 48.5 Å². The first kappa shape index (κ1) is 18.9. The zero-order valence-electron chi connectivity index (χ0n) is 13.7. The second kappa shape index (κ2) is 8.24. The van der Waals surface area contributed by atoms with Gasteiger partial charge in [0.15, 0.2) is 0 Å². The van der Waals surface area contributed by atoms with Crippen LogP contribution in [0.4, 0.5) is 0 Å². The second-order valence-electron chi connectivity index (χ2n) is 5.82. The van der Waals surface area contributed by atoms with E-state index in [2.05, 4.69) is 41.5 Å². The third-order valence-electron chi connectivity index (χ3n) is 3.63. The Morgan fingerprint density at radius 1 is 0.900 bits per heavy atom. The molecule has 4 nitrogen and oxygen atoms in total. The highest BCUT2D eigenvalue weighted by molar-refractivity contribution is 6.79. The van der Waals surface area contributed by atoms with E-state index < -0.39 is 20.3 Å². The van der Waals surface area contributed by atoms with E-state index in [0.29, 0.717) is 23.2 Å². The molecule has 0 aliphatic rings. The zero-order valence-corrected chi connectivity index (χ0v) is 14.7. The average Bonchev–Trinajstić information content (AvgIpc) is 2.32. The van der Waals surface area contributed by atoms with Crippen LogP contribution in [0.15, 0.2) is 12.2 Å². The third-order valence-corrected chi connectivity index (χ3v) is 9.60. The number of hydrogen-bond acceptors (Lipinski definition) is 4. The Bertz CT molecular complexity index is 337. The van der Waals surface area contributed by atoms with E-state index in [0.717, 1.165) is 6.08 Å². The van der Waals surface area contributed by atoms with Crippen LogP contribution >= 0.6 is 0 Å². The minimum Gasteiger partial charge on any atom is -0.515 e. The van der Waals surface area contributed by atoms with Gasteiger partial charge in [0, 0.05) is 12.2 Å². The monoisotopic (exact) mass is 300 g/mol. The molecule has 0 rings (SSSR count). The summed E-state index contributed by atoms with van der Waals surface area (Å²) < 4.78 is 10.6. The van der Waals surface area contributed by atoms with Gasteiger partial charge in [0.1, 0.15) is 0 Å². The lowest BCUT2D eigenvalue weighted by Crippen LogP contribution is -2.49. The standard InChI is InChI=1S/C15H28O4Si/c1-8-18-14(16)9-10-15(17)19-20(11(2)3,12(4)5)13(6)7/h9-13H,8H2,1-7H3. The normalized spacial score (nSPS) is 12.5. The molecule has 0 aromatic rings. The molecular formula is C15H28O4Si. The predicted molar refractivity (Wildman–Crippen MR) is 82.9 cm³/mol. The largest absolute Gasteiger partial charge is 0.515 e. The number of rotatable bonds is 7. The number of carbonyl (C=O) groups is 2. The molecule has 0 atom stereocenters. The Morgan fingerprint density at radius 2 is 1.30 bits per heavy atom. The zero-order chi connectivity index (χ0) is 15.9. The number of hydrogen-bond donors (Lipinski definition) is 0. The molecule has 0 fully saturated rings. The van der Waals surface area contributed by atoms with E-state index >= 15 is 0 Å². The van der Waals surface area contributed by atoms with Crippen LogP contribution in [-0.4, -0.2) is 26.9 Å². The second-order valence-corrected chi connectivity index (χ2v) is 11.2. The molecule has 116 valence electrons. The van der Waals surface area contributed by atoms with Crippen LogP contribution in [0.5, 0.6) is 0 Å². The molecule has 0 aliphatic carbocycles. The van der Waals surface area contributed by atoms with E-state index in [1.165, 1.54) is 6.08 Å². The first-order valence-electron chi connectivity index (χ1n) is 7.26. The summed E-state index contributed by atoms with van der Waals surface area (Å²) in [5.74, 6) is -0.962. The summed E-state index contributed by atoms with van der Waals surface area (Å²) >= 11 is 0. The van der Waals surface area contributed by atoms with Crippen molar-refractivity contribution in [3.8, 4) is 0 Å². The molecule has 0 N–H and O–H groups in total. The van der Waals surface area contributed by atoms with E-state index in [-0.39, 0.29) is 0 Å². The summed E-state index contributed by atoms with van der Waals surface area (Å²) in [5.41, 5.74) is 0.965. The summed E-state index contributed by atoms with van der Waals surface area (Å²) in [6.07, 6.45) is 2.30. The van der Waals surface area contributed by atoms with Crippen LogP contribution in [-0.2, 0) is 18.8 Å². The molecule has 0 amide bonds. The van der Waals surface area contributed by atoms with Crippen molar-refractivity contribution in [3.05, 3.63) is 12.2 Å². The van der Waals surface area contributed by atoms with E-state index in [1.54, 1.807) is 6.92 Å². The van der Waals surface area contributed by atoms with Crippen molar-refractivity contribution in [3.63, 3.8) is 0 Å². The third kappa shape index (κ3) is 4.78. The summed E-state index contributed by atoms with van der Waals surface area (Å²) in [5, 5.41) is 0. The highest BCUT2D eigenvalue weighted by Crippen LogP contribution is 2.42. The Morgan fingerprint density at radius 3 is 1.65 bits per heavy atom. The Hall–Kier alpha value is -1.10. The van der Waals surface area contributed by atoms with Gasteiger partial charge in [-0.3, -0.25) is 0 Å². The molecule has 0 heterocycles. The molecule has 0 aromatic heterocycles. The number of ether oxygens (including phenoxy) is 1. The van der Waals surface area contributed by atoms with Gasteiger partial charge in [0.25, 0.3) is 8.32 Å². The molecule has 0 aliphatic heterocycles. The van der Waals surface area contributed by atoms with Crippen LogP contribution in [0.3, 0.4) is 0 Å². The van der Waals surface area contributed by atoms with Gasteiger partial charge in [0.05, 0.1) is 6.61 Å². The number of esters is 1. The average molecular weight is 300 g/mol. The molecule has 0 saturated carbocycles. The van der Waals surface area contributed by atoms with Crippen molar-refractivity contribution in [2.45, 2.75) is 65.1 Å². The Labute approximate surface area is 123 Å². The maximum Gasteiger partial charge on any atom is 0.330 e. The molecule has 0 saturated heterocycles. The minimum atomic E-state index is -2.23. The van der Waals surface area contributed by atoms with Crippen molar-refractivity contribution in [1.29, 1.82) is 0 Å². The quantitative estimate of drug-likeness (QED) is 0.407. The highest BCUT2D eigenvalue weighted by Gasteiger charge is 2.47. The summed E-state index contributed by atoms with van der Waals surface area (Å²) in [4.78, 5) is 23.2. The number of carbonyl (C=O) groups excluding carboxylic acids is 2. The summed E-state index contributed by atoms with van der Waals surface area (Å²) in [6.45, 7) is 14.6. The molecule has 0 radical (unpaired) electrons. The predicted octanol–water partition coefficient (Wildman–Crippen LogP) is 3.82. The fourth-order valence-corrected chi connectivity index (χ4v) is 8.01. The van der Waals surface area contributed by atoms with E-state index in [4.69, 9.17) is 9.16 Å². The smallest absolute Gasteiger partial charge is 0.330 e. The van der Waals surface area contributed by atoms with Gasteiger partial charge in [-0.25, -0.2) is 9.59 Å². The van der Waals surface area contributed by atoms with Gasteiger partial charge in [0.2, 0.25) is 0 Å². The van der Waals surface area contributed by atoms with Gasteiger partial charge < -0.3 is 9.16 Å². The molecule has 0 unspecified atom stereocenters. The fraction of sp³-hybridized carbons (Fsp3) is 0.733. The van der Waals surface area contributed by atoms with Gasteiger partial charge in [-0.1, -0.05) is 41.5 Å². The van der Waals surface area contributed by atoms with Crippen molar-refractivity contribution in [2.24, 2.45) is 0 Å². The van der Waals surface area contributed by atoms with Crippen molar-refractivity contribution in [2.75, 3.05) is 6.61 Å². The lowest BCUT2D eigenvalue weighted by molar-refractivity contribution is -0.138. The molecule has 0 aromatic carbocycles. The van der Waals surface area contributed by atoms with Crippen LogP contribution in [0, 0.1) is 0 Å². The van der Waals surface area contributed by atoms with Gasteiger partial charge in [-0.05, 0) is 23.5 Å². The molecule has 0 bridgehead atoms. The SMILES string of the molecule is CCOC(=O)C=CC(=O)O[Si](C(C)C)(C(C)C)C(C)C. The Balaban J connectivity index is 5.01. The van der Waals surface area contributed by atoms with Crippen LogP contribution in [0.2, 0.25) is 16.6 Å². The Kier molecular flexibility index (Phi) is 7.79. The fourth-order valence-electron chi connectivity index (χ4n) is 2.89. The first-order chi connectivity index (χ1) is 9.18. The van der Waals surface area contributed by atoms with Gasteiger partial charge in [-0.15, -0.1) is 0 Å². The van der Waals surface area contributed by atoms with E-state index in [9.17, 15) is 9.59 Å². The maximum atomic E-state index is 12.0. The first-order valence-corrected chi connectivity index (χ1v) is 9.40. The molecule has 0 spiro atoms. The molecule has 5 heteroatoms. The lowest BCUT2D eigenvalue weighted by atomic mass is 10.5. The summed E-state index contributed by atoms with van der Waals surface area (Å²) in [6, 6.07) is 0. The topological polar surface area (TPSA) is 52.6 Å². The van der Waals surface area contributed by atoms with Crippen molar-refractivity contribution >= 4 is 20.3 Å².